The van der Waals surface area contributed by atoms with Gasteiger partial charge in [0.2, 0.25) is 0 Å². The molecule has 0 aliphatic heterocycles. The first-order chi connectivity index (χ1) is 8.78. The molecule has 18 heavy (non-hydrogen) atoms. The van der Waals surface area contributed by atoms with Gasteiger partial charge < -0.3 is 4.74 Å². The van der Waals surface area contributed by atoms with Crippen LogP contribution in [0.15, 0.2) is 54.6 Å². The van der Waals surface area contributed by atoms with E-state index in [0.29, 0.717) is 11.3 Å². The van der Waals surface area contributed by atoms with Gasteiger partial charge in [-0.1, -0.05) is 30.3 Å². The van der Waals surface area contributed by atoms with Crippen molar-refractivity contribution in [2.24, 2.45) is 0 Å². The summed E-state index contributed by atoms with van der Waals surface area (Å²) in [6.45, 7) is 0. The molecular weight excluding hydrogens is 226 g/mol. The summed E-state index contributed by atoms with van der Waals surface area (Å²) in [5, 5.41) is 8.66. The third-order valence-electron chi connectivity index (χ3n) is 2.41. The Balaban J connectivity index is 1.97. The van der Waals surface area contributed by atoms with Crippen molar-refractivity contribution in [2.75, 3.05) is 0 Å². The molecule has 0 amide bonds. The van der Waals surface area contributed by atoms with E-state index >= 15 is 0 Å². The molecule has 0 saturated carbocycles. The maximum atomic E-state index is 11.6. The van der Waals surface area contributed by atoms with Crippen LogP contribution in [0, 0.1) is 11.3 Å². The van der Waals surface area contributed by atoms with Crippen molar-refractivity contribution in [3.05, 3.63) is 65.7 Å². The maximum Gasteiger partial charge on any atom is 0.315 e. The first kappa shape index (κ1) is 11.9. The molecular formula is C15H11NO2. The molecule has 0 N–H and O–H groups in total. The summed E-state index contributed by atoms with van der Waals surface area (Å²) in [4.78, 5) is 11.6. The van der Waals surface area contributed by atoms with Gasteiger partial charge in [0.1, 0.15) is 5.75 Å². The van der Waals surface area contributed by atoms with Crippen LogP contribution < -0.4 is 4.74 Å². The van der Waals surface area contributed by atoms with Crippen LogP contribution in [0.1, 0.15) is 11.1 Å². The van der Waals surface area contributed by atoms with Crippen molar-refractivity contribution < 1.29 is 9.53 Å². The van der Waals surface area contributed by atoms with E-state index in [4.69, 9.17) is 10.00 Å². The van der Waals surface area contributed by atoms with E-state index in [1.165, 1.54) is 0 Å². The Morgan fingerprint density at radius 2 is 1.72 bits per heavy atom. The number of carbonyl (C=O) groups excluding carboxylic acids is 1. The quantitative estimate of drug-likeness (QED) is 0.609. The number of esters is 1. The largest absolute Gasteiger partial charge is 0.426 e. The van der Waals surface area contributed by atoms with Crippen LogP contribution in [-0.4, -0.2) is 5.97 Å². The van der Waals surface area contributed by atoms with Crippen molar-refractivity contribution in [2.45, 2.75) is 6.42 Å². The molecule has 0 spiro atoms. The molecule has 88 valence electrons. The monoisotopic (exact) mass is 237 g/mol. The van der Waals surface area contributed by atoms with Crippen molar-refractivity contribution in [3.63, 3.8) is 0 Å². The number of carbonyl (C=O) groups is 1. The number of nitriles is 1. The maximum absolute atomic E-state index is 11.6. The van der Waals surface area contributed by atoms with Gasteiger partial charge in [0.15, 0.2) is 0 Å². The zero-order valence-corrected chi connectivity index (χ0v) is 9.67. The van der Waals surface area contributed by atoms with Gasteiger partial charge in [-0.3, -0.25) is 4.79 Å². The van der Waals surface area contributed by atoms with Gasteiger partial charge in [-0.2, -0.15) is 5.26 Å². The Morgan fingerprint density at radius 3 is 2.33 bits per heavy atom. The SMILES string of the molecule is N#Cc1ccc(CC(=O)Oc2ccccc2)cc1. The first-order valence-electron chi connectivity index (χ1n) is 5.53. The van der Waals surface area contributed by atoms with E-state index in [9.17, 15) is 4.79 Å². The summed E-state index contributed by atoms with van der Waals surface area (Å²) in [5.41, 5.74) is 1.41. The fourth-order valence-electron chi connectivity index (χ4n) is 1.52. The average molecular weight is 237 g/mol. The van der Waals surface area contributed by atoms with Gasteiger partial charge >= 0.3 is 5.97 Å². The number of benzene rings is 2. The van der Waals surface area contributed by atoms with Gasteiger partial charge in [-0.05, 0) is 29.8 Å². The highest BCUT2D eigenvalue weighted by Gasteiger charge is 2.06. The molecule has 2 aromatic carbocycles. The lowest BCUT2D eigenvalue weighted by Crippen LogP contribution is -2.11. The van der Waals surface area contributed by atoms with Crippen molar-refractivity contribution >= 4 is 5.97 Å². The van der Waals surface area contributed by atoms with Crippen LogP contribution in [0.5, 0.6) is 5.75 Å². The minimum absolute atomic E-state index is 0.195. The van der Waals surface area contributed by atoms with Crippen molar-refractivity contribution in [1.82, 2.24) is 0 Å². The summed E-state index contributed by atoms with van der Waals surface area (Å²) >= 11 is 0. The Hall–Kier alpha value is -2.60. The lowest BCUT2D eigenvalue weighted by atomic mass is 10.1. The molecule has 2 aromatic rings. The van der Waals surface area contributed by atoms with Crippen LogP contribution in [0.2, 0.25) is 0 Å². The van der Waals surface area contributed by atoms with Gasteiger partial charge in [0.25, 0.3) is 0 Å². The highest BCUT2D eigenvalue weighted by molar-refractivity contribution is 5.75. The number of hydrogen-bond donors (Lipinski definition) is 0. The highest BCUT2D eigenvalue weighted by atomic mass is 16.5. The van der Waals surface area contributed by atoms with Crippen molar-refractivity contribution in [3.8, 4) is 11.8 Å². The van der Waals surface area contributed by atoms with Crippen LogP contribution >= 0.6 is 0 Å². The predicted molar refractivity (Wildman–Crippen MR) is 66.9 cm³/mol. The van der Waals surface area contributed by atoms with Crippen LogP contribution in [-0.2, 0) is 11.2 Å². The molecule has 0 atom stereocenters. The standard InChI is InChI=1S/C15H11NO2/c16-11-13-8-6-12(7-9-13)10-15(17)18-14-4-2-1-3-5-14/h1-9H,10H2. The molecule has 0 bridgehead atoms. The predicted octanol–water partition coefficient (Wildman–Crippen LogP) is 2.71. The topological polar surface area (TPSA) is 50.1 Å². The summed E-state index contributed by atoms with van der Waals surface area (Å²) in [7, 11) is 0. The van der Waals surface area contributed by atoms with Crippen LogP contribution in [0.25, 0.3) is 0 Å². The zero-order valence-electron chi connectivity index (χ0n) is 9.67. The van der Waals surface area contributed by atoms with E-state index < -0.39 is 0 Å². The second-order valence-corrected chi connectivity index (χ2v) is 3.77. The molecule has 0 aromatic heterocycles. The Labute approximate surface area is 105 Å². The lowest BCUT2D eigenvalue weighted by Gasteiger charge is -2.04. The normalized spacial score (nSPS) is 9.50. The van der Waals surface area contributed by atoms with Crippen LogP contribution in [0.3, 0.4) is 0 Å². The van der Waals surface area contributed by atoms with Crippen molar-refractivity contribution in [1.29, 1.82) is 5.26 Å². The summed E-state index contributed by atoms with van der Waals surface area (Å²) in [6, 6.07) is 17.9. The average Bonchev–Trinajstić information content (AvgIpc) is 2.40. The molecule has 3 heteroatoms. The first-order valence-corrected chi connectivity index (χ1v) is 5.53. The minimum Gasteiger partial charge on any atom is -0.426 e. The number of ether oxygens (including phenoxy) is 1. The molecule has 0 saturated heterocycles. The summed E-state index contributed by atoms with van der Waals surface area (Å²) in [6.07, 6.45) is 0.195. The van der Waals surface area contributed by atoms with E-state index in [-0.39, 0.29) is 12.4 Å². The molecule has 0 radical (unpaired) electrons. The number of para-hydroxylation sites is 1. The lowest BCUT2D eigenvalue weighted by molar-refractivity contribution is -0.133. The Bertz CT molecular complexity index is 568. The molecule has 2 rings (SSSR count). The second kappa shape index (κ2) is 5.65. The third-order valence-corrected chi connectivity index (χ3v) is 2.41. The van der Waals surface area contributed by atoms with Gasteiger partial charge in [-0.15, -0.1) is 0 Å². The molecule has 0 fully saturated rings. The molecule has 0 aliphatic rings. The fraction of sp³-hybridized carbons (Fsp3) is 0.0667. The smallest absolute Gasteiger partial charge is 0.315 e. The number of nitrogens with zero attached hydrogens (tertiary/aromatic N) is 1. The van der Waals surface area contributed by atoms with E-state index in [0.717, 1.165) is 5.56 Å². The van der Waals surface area contributed by atoms with Gasteiger partial charge in [0, 0.05) is 0 Å². The van der Waals surface area contributed by atoms with E-state index in [2.05, 4.69) is 0 Å². The molecule has 3 nitrogen and oxygen atoms in total. The number of rotatable bonds is 3. The third kappa shape index (κ3) is 3.19. The van der Waals surface area contributed by atoms with Gasteiger partial charge in [0.05, 0.1) is 18.1 Å². The Morgan fingerprint density at radius 1 is 1.06 bits per heavy atom. The van der Waals surface area contributed by atoms with E-state index in [1.54, 1.807) is 36.4 Å². The second-order valence-electron chi connectivity index (χ2n) is 3.77. The highest BCUT2D eigenvalue weighted by Crippen LogP contribution is 2.10. The molecule has 0 aliphatic carbocycles. The summed E-state index contributed by atoms with van der Waals surface area (Å²) in [5.74, 6) is 0.224. The molecule has 0 heterocycles. The number of hydrogen-bond acceptors (Lipinski definition) is 3. The van der Waals surface area contributed by atoms with Gasteiger partial charge in [-0.25, -0.2) is 0 Å². The Kier molecular flexibility index (Phi) is 3.72. The summed E-state index contributed by atoms with van der Waals surface area (Å²) < 4.78 is 5.17. The fourth-order valence-corrected chi connectivity index (χ4v) is 1.52. The van der Waals surface area contributed by atoms with E-state index in [1.807, 2.05) is 24.3 Å². The molecule has 0 unspecified atom stereocenters. The minimum atomic E-state index is -0.314. The zero-order chi connectivity index (χ0) is 12.8. The van der Waals surface area contributed by atoms with Crippen LogP contribution in [0.4, 0.5) is 0 Å².